The van der Waals surface area contributed by atoms with Crippen LogP contribution in [-0.4, -0.2) is 6.61 Å². The number of hydrogen-bond donors (Lipinski definition) is 0. The molecular formula is C18H15FO. The highest BCUT2D eigenvalue weighted by molar-refractivity contribution is 5.40. The van der Waals surface area contributed by atoms with E-state index in [1.54, 1.807) is 6.07 Å². The van der Waals surface area contributed by atoms with Crippen molar-refractivity contribution in [2.75, 3.05) is 6.61 Å². The van der Waals surface area contributed by atoms with Crippen LogP contribution in [0.5, 0.6) is 0 Å². The minimum Gasteiger partial charge on any atom is -0.358 e. The first-order valence-corrected chi connectivity index (χ1v) is 6.77. The Morgan fingerprint density at radius 2 is 1.90 bits per heavy atom. The zero-order chi connectivity index (χ0) is 13.8. The van der Waals surface area contributed by atoms with Gasteiger partial charge in [-0.1, -0.05) is 48.2 Å². The van der Waals surface area contributed by atoms with Crippen molar-refractivity contribution in [1.82, 2.24) is 0 Å². The maximum Gasteiger partial charge on any atom is 0.154 e. The Hall–Kier alpha value is -2.11. The number of ether oxygens (including phenoxy) is 1. The number of hydrogen-bond acceptors (Lipinski definition) is 1. The molecule has 0 saturated carbocycles. The Labute approximate surface area is 118 Å². The van der Waals surface area contributed by atoms with Gasteiger partial charge in [0.25, 0.3) is 0 Å². The molecule has 1 aliphatic heterocycles. The van der Waals surface area contributed by atoms with Gasteiger partial charge in [-0.15, -0.1) is 0 Å². The first-order valence-electron chi connectivity index (χ1n) is 6.77. The zero-order valence-electron chi connectivity index (χ0n) is 11.1. The molecule has 0 aliphatic carbocycles. The minimum absolute atomic E-state index is 0.266. The van der Waals surface area contributed by atoms with Crippen LogP contribution in [0.3, 0.4) is 0 Å². The van der Waals surface area contributed by atoms with Crippen molar-refractivity contribution < 1.29 is 9.13 Å². The van der Waals surface area contributed by atoms with Crippen LogP contribution in [0.25, 0.3) is 0 Å². The van der Waals surface area contributed by atoms with E-state index in [0.29, 0.717) is 12.2 Å². The van der Waals surface area contributed by atoms with Crippen molar-refractivity contribution in [3.63, 3.8) is 0 Å². The van der Waals surface area contributed by atoms with Crippen molar-refractivity contribution in [2.45, 2.75) is 18.4 Å². The van der Waals surface area contributed by atoms with Gasteiger partial charge in [0.15, 0.2) is 5.60 Å². The highest BCUT2D eigenvalue weighted by Crippen LogP contribution is 2.35. The molecule has 20 heavy (non-hydrogen) atoms. The molecule has 1 unspecified atom stereocenters. The number of rotatable bonds is 1. The van der Waals surface area contributed by atoms with E-state index in [1.807, 2.05) is 36.4 Å². The monoisotopic (exact) mass is 266 g/mol. The molecule has 1 fully saturated rings. The molecule has 1 heterocycles. The molecule has 2 aromatic rings. The van der Waals surface area contributed by atoms with Crippen LogP contribution >= 0.6 is 0 Å². The van der Waals surface area contributed by atoms with Crippen LogP contribution in [0.15, 0.2) is 54.6 Å². The lowest BCUT2D eigenvalue weighted by atomic mass is 9.91. The number of halogens is 1. The van der Waals surface area contributed by atoms with Crippen molar-refractivity contribution in [1.29, 1.82) is 0 Å². The van der Waals surface area contributed by atoms with Crippen molar-refractivity contribution >= 4 is 0 Å². The largest absolute Gasteiger partial charge is 0.358 e. The molecule has 0 bridgehead atoms. The molecule has 1 atom stereocenters. The first kappa shape index (κ1) is 12.9. The normalized spacial score (nSPS) is 21.2. The average Bonchev–Trinajstić information content (AvgIpc) is 2.96. The van der Waals surface area contributed by atoms with Gasteiger partial charge < -0.3 is 4.74 Å². The van der Waals surface area contributed by atoms with E-state index < -0.39 is 5.60 Å². The van der Waals surface area contributed by atoms with E-state index in [1.165, 1.54) is 12.1 Å². The maximum atomic E-state index is 13.2. The fraction of sp³-hybridized carbons (Fsp3) is 0.222. The maximum absolute atomic E-state index is 13.2. The van der Waals surface area contributed by atoms with Crippen LogP contribution in [0.2, 0.25) is 0 Å². The Bertz CT molecular complexity index is 646. The molecule has 1 saturated heterocycles. The molecule has 1 nitrogen and oxygen atoms in total. The molecule has 2 heteroatoms. The second-order valence-corrected chi connectivity index (χ2v) is 4.91. The quantitative estimate of drug-likeness (QED) is 0.712. The lowest BCUT2D eigenvalue weighted by Gasteiger charge is -2.22. The number of benzene rings is 2. The van der Waals surface area contributed by atoms with E-state index in [0.717, 1.165) is 18.4 Å². The van der Waals surface area contributed by atoms with Crippen molar-refractivity contribution in [3.05, 3.63) is 71.5 Å². The second kappa shape index (κ2) is 5.48. The summed E-state index contributed by atoms with van der Waals surface area (Å²) in [6, 6.07) is 16.4. The van der Waals surface area contributed by atoms with Gasteiger partial charge in [-0.05, 0) is 36.6 Å². The summed E-state index contributed by atoms with van der Waals surface area (Å²) in [6.07, 6.45) is 1.87. The molecule has 0 radical (unpaired) electrons. The summed E-state index contributed by atoms with van der Waals surface area (Å²) >= 11 is 0. The predicted molar refractivity (Wildman–Crippen MR) is 76.6 cm³/mol. The van der Waals surface area contributed by atoms with Crippen molar-refractivity contribution in [2.24, 2.45) is 0 Å². The van der Waals surface area contributed by atoms with Gasteiger partial charge in [-0.3, -0.25) is 0 Å². The predicted octanol–water partition coefficient (Wildman–Crippen LogP) is 3.88. The lowest BCUT2D eigenvalue weighted by molar-refractivity contribution is 0.0513. The molecule has 0 spiro atoms. The van der Waals surface area contributed by atoms with Crippen LogP contribution in [0.4, 0.5) is 4.39 Å². The van der Waals surface area contributed by atoms with E-state index in [-0.39, 0.29) is 5.82 Å². The lowest BCUT2D eigenvalue weighted by Crippen LogP contribution is -2.22. The molecule has 0 N–H and O–H groups in total. The topological polar surface area (TPSA) is 9.23 Å². The third-order valence-electron chi connectivity index (χ3n) is 3.50. The van der Waals surface area contributed by atoms with Gasteiger partial charge >= 0.3 is 0 Å². The van der Waals surface area contributed by atoms with Gasteiger partial charge in [0.1, 0.15) is 5.82 Å². The van der Waals surface area contributed by atoms with E-state index in [2.05, 4.69) is 11.8 Å². The second-order valence-electron chi connectivity index (χ2n) is 4.91. The Morgan fingerprint density at radius 1 is 1.05 bits per heavy atom. The van der Waals surface area contributed by atoms with Crippen LogP contribution in [-0.2, 0) is 10.3 Å². The molecule has 2 aromatic carbocycles. The molecular weight excluding hydrogens is 251 g/mol. The zero-order valence-corrected chi connectivity index (χ0v) is 11.1. The highest BCUT2D eigenvalue weighted by atomic mass is 19.1. The van der Waals surface area contributed by atoms with Gasteiger partial charge in [0.2, 0.25) is 0 Å². The van der Waals surface area contributed by atoms with Crippen molar-refractivity contribution in [3.8, 4) is 11.8 Å². The summed E-state index contributed by atoms with van der Waals surface area (Å²) in [5.74, 6) is 6.00. The summed E-state index contributed by atoms with van der Waals surface area (Å²) in [4.78, 5) is 0. The summed E-state index contributed by atoms with van der Waals surface area (Å²) in [5, 5.41) is 0. The summed E-state index contributed by atoms with van der Waals surface area (Å²) < 4.78 is 19.1. The molecule has 1 aliphatic rings. The smallest absolute Gasteiger partial charge is 0.154 e. The van der Waals surface area contributed by atoms with E-state index in [4.69, 9.17) is 4.74 Å². The minimum atomic E-state index is -0.548. The third kappa shape index (κ3) is 2.59. The van der Waals surface area contributed by atoms with Crippen LogP contribution in [0, 0.1) is 17.7 Å². The van der Waals surface area contributed by atoms with Gasteiger partial charge in [-0.2, -0.15) is 0 Å². The van der Waals surface area contributed by atoms with Crippen LogP contribution < -0.4 is 0 Å². The molecule has 0 aromatic heterocycles. The Morgan fingerprint density at radius 3 is 2.60 bits per heavy atom. The van der Waals surface area contributed by atoms with E-state index >= 15 is 0 Å². The third-order valence-corrected chi connectivity index (χ3v) is 3.50. The fourth-order valence-corrected chi connectivity index (χ4v) is 2.48. The van der Waals surface area contributed by atoms with E-state index in [9.17, 15) is 4.39 Å². The standard InChI is InChI=1S/C18H15FO/c19-17-9-4-6-15(14-17)10-12-18(11-5-13-20-18)16-7-2-1-3-8-16/h1-4,6-9,14H,5,11,13H2. The Balaban J connectivity index is 1.97. The summed E-state index contributed by atoms with van der Waals surface area (Å²) in [6.45, 7) is 0.715. The first-order chi connectivity index (χ1) is 9.78. The fourth-order valence-electron chi connectivity index (χ4n) is 2.48. The van der Waals surface area contributed by atoms with Gasteiger partial charge in [0.05, 0.1) is 0 Å². The summed E-state index contributed by atoms with van der Waals surface area (Å²) in [7, 11) is 0. The highest BCUT2D eigenvalue weighted by Gasteiger charge is 2.35. The van der Waals surface area contributed by atoms with Gasteiger partial charge in [-0.25, -0.2) is 4.39 Å². The van der Waals surface area contributed by atoms with Gasteiger partial charge in [0, 0.05) is 12.2 Å². The Kier molecular flexibility index (Phi) is 3.54. The van der Waals surface area contributed by atoms with Crippen LogP contribution in [0.1, 0.15) is 24.0 Å². The molecule has 3 rings (SSSR count). The molecule has 100 valence electrons. The molecule has 0 amide bonds. The average molecular weight is 266 g/mol. The summed E-state index contributed by atoms with van der Waals surface area (Å²) in [5.41, 5.74) is 1.20. The SMILES string of the molecule is Fc1cccc(C#CC2(c3ccccc3)CCCO2)c1.